The van der Waals surface area contributed by atoms with Gasteiger partial charge in [0.1, 0.15) is 18.0 Å². The molecule has 0 radical (unpaired) electrons. The summed E-state index contributed by atoms with van der Waals surface area (Å²) in [6, 6.07) is 2.70. The maximum atomic E-state index is 13.0. The van der Waals surface area contributed by atoms with E-state index in [9.17, 15) is 4.79 Å². The molecule has 4 fully saturated rings. The molecule has 176 valence electrons. The van der Waals surface area contributed by atoms with E-state index in [4.69, 9.17) is 0 Å². The van der Waals surface area contributed by atoms with Gasteiger partial charge in [-0.2, -0.15) is 0 Å². The summed E-state index contributed by atoms with van der Waals surface area (Å²) >= 11 is 0. The summed E-state index contributed by atoms with van der Waals surface area (Å²) in [5.41, 5.74) is 0. The van der Waals surface area contributed by atoms with Crippen LogP contribution in [0.4, 0.5) is 11.6 Å². The van der Waals surface area contributed by atoms with E-state index in [0.29, 0.717) is 30.2 Å². The number of carbonyl (C=O) groups is 1. The molecule has 4 aliphatic rings. The molecule has 2 atom stereocenters. The Morgan fingerprint density at radius 2 is 1.75 bits per heavy atom. The number of hydrogen-bond donors (Lipinski definition) is 1. The molecule has 7 heteroatoms. The van der Waals surface area contributed by atoms with Gasteiger partial charge < -0.3 is 20.0 Å². The molecular formula is C25H40N6O. The van der Waals surface area contributed by atoms with E-state index in [-0.39, 0.29) is 0 Å². The predicted molar refractivity (Wildman–Crippen MR) is 128 cm³/mol. The Hall–Kier alpha value is -1.89. The SMILES string of the molecule is O=C(CC[C@H]1CCCN(c2cc(NC3CC3)ncn2)C1)N1CCC[C@@H](CN2CCCC2)C1. The molecule has 0 aromatic carbocycles. The topological polar surface area (TPSA) is 64.6 Å². The number of rotatable bonds is 8. The predicted octanol–water partition coefficient (Wildman–Crippen LogP) is 3.38. The number of nitrogens with zero attached hydrogens (tertiary/aromatic N) is 5. The molecule has 1 aromatic heterocycles. The molecule has 1 saturated carbocycles. The van der Waals surface area contributed by atoms with Crippen LogP contribution in [0, 0.1) is 11.8 Å². The van der Waals surface area contributed by atoms with Crippen LogP contribution in [0.3, 0.4) is 0 Å². The summed E-state index contributed by atoms with van der Waals surface area (Å²) in [4.78, 5) is 29.1. The molecule has 32 heavy (non-hydrogen) atoms. The number of aromatic nitrogens is 2. The quantitative estimate of drug-likeness (QED) is 0.669. The van der Waals surface area contributed by atoms with E-state index in [1.807, 2.05) is 0 Å². The van der Waals surface area contributed by atoms with Gasteiger partial charge in [-0.25, -0.2) is 9.97 Å². The van der Waals surface area contributed by atoms with Gasteiger partial charge in [-0.15, -0.1) is 0 Å². The zero-order valence-corrected chi connectivity index (χ0v) is 19.6. The molecule has 1 aromatic rings. The zero-order chi connectivity index (χ0) is 21.8. The van der Waals surface area contributed by atoms with Crippen molar-refractivity contribution in [3.8, 4) is 0 Å². The van der Waals surface area contributed by atoms with Gasteiger partial charge in [0.25, 0.3) is 0 Å². The van der Waals surface area contributed by atoms with Crippen LogP contribution < -0.4 is 10.2 Å². The van der Waals surface area contributed by atoms with Crippen molar-refractivity contribution in [2.75, 3.05) is 56.0 Å². The second-order valence-corrected chi connectivity index (χ2v) is 10.5. The Balaban J connectivity index is 1.08. The van der Waals surface area contributed by atoms with E-state index in [2.05, 4.69) is 36.1 Å². The minimum atomic E-state index is 0.381. The van der Waals surface area contributed by atoms with Gasteiger partial charge >= 0.3 is 0 Å². The van der Waals surface area contributed by atoms with E-state index in [0.717, 1.165) is 44.2 Å². The highest BCUT2D eigenvalue weighted by Gasteiger charge is 2.28. The van der Waals surface area contributed by atoms with Crippen LogP contribution in [0.15, 0.2) is 12.4 Å². The van der Waals surface area contributed by atoms with E-state index < -0.39 is 0 Å². The van der Waals surface area contributed by atoms with Crippen molar-refractivity contribution in [3.05, 3.63) is 12.4 Å². The van der Waals surface area contributed by atoms with Crippen LogP contribution >= 0.6 is 0 Å². The van der Waals surface area contributed by atoms with Crippen molar-refractivity contribution in [2.45, 2.75) is 70.3 Å². The number of likely N-dealkylation sites (tertiary alicyclic amines) is 2. The third kappa shape index (κ3) is 5.91. The van der Waals surface area contributed by atoms with Crippen LogP contribution in [0.5, 0.6) is 0 Å². The van der Waals surface area contributed by atoms with Gasteiger partial charge in [0.15, 0.2) is 0 Å². The minimum Gasteiger partial charge on any atom is -0.367 e. The summed E-state index contributed by atoms with van der Waals surface area (Å²) < 4.78 is 0. The number of nitrogens with one attached hydrogen (secondary N) is 1. The molecule has 0 bridgehead atoms. The van der Waals surface area contributed by atoms with Gasteiger partial charge in [0.2, 0.25) is 5.91 Å². The molecule has 4 heterocycles. The van der Waals surface area contributed by atoms with E-state index in [1.54, 1.807) is 6.33 Å². The van der Waals surface area contributed by atoms with Crippen molar-refractivity contribution < 1.29 is 4.79 Å². The Morgan fingerprint density at radius 1 is 0.938 bits per heavy atom. The third-order valence-electron chi connectivity index (χ3n) is 7.78. The lowest BCUT2D eigenvalue weighted by Crippen LogP contribution is -2.43. The highest BCUT2D eigenvalue weighted by Crippen LogP contribution is 2.28. The molecule has 0 unspecified atom stereocenters. The first kappa shape index (κ1) is 21.9. The lowest BCUT2D eigenvalue weighted by molar-refractivity contribution is -0.133. The summed E-state index contributed by atoms with van der Waals surface area (Å²) in [6.45, 7) is 7.70. The van der Waals surface area contributed by atoms with E-state index >= 15 is 0 Å². The molecule has 3 saturated heterocycles. The molecule has 0 spiro atoms. The number of amides is 1. The van der Waals surface area contributed by atoms with Crippen LogP contribution in [-0.2, 0) is 4.79 Å². The minimum absolute atomic E-state index is 0.381. The van der Waals surface area contributed by atoms with Crippen LogP contribution in [0.25, 0.3) is 0 Å². The van der Waals surface area contributed by atoms with Gasteiger partial charge in [-0.05, 0) is 82.7 Å². The largest absolute Gasteiger partial charge is 0.367 e. The summed E-state index contributed by atoms with van der Waals surface area (Å²) in [5, 5.41) is 3.48. The molecule has 3 aliphatic heterocycles. The highest BCUT2D eigenvalue weighted by molar-refractivity contribution is 5.76. The Bertz CT molecular complexity index is 763. The lowest BCUT2D eigenvalue weighted by Gasteiger charge is -2.36. The molecule has 1 aliphatic carbocycles. The maximum absolute atomic E-state index is 13.0. The first-order valence-corrected chi connectivity index (χ1v) is 13.1. The lowest BCUT2D eigenvalue weighted by atomic mass is 9.92. The fourth-order valence-electron chi connectivity index (χ4n) is 5.80. The summed E-state index contributed by atoms with van der Waals surface area (Å²) in [7, 11) is 0. The van der Waals surface area contributed by atoms with E-state index in [1.165, 1.54) is 71.0 Å². The molecule has 1 amide bonds. The molecule has 7 nitrogen and oxygen atoms in total. The van der Waals surface area contributed by atoms with Crippen molar-refractivity contribution in [3.63, 3.8) is 0 Å². The van der Waals surface area contributed by atoms with Gasteiger partial charge in [-0.3, -0.25) is 4.79 Å². The van der Waals surface area contributed by atoms with Gasteiger partial charge in [0.05, 0.1) is 0 Å². The first-order chi connectivity index (χ1) is 15.7. The third-order valence-corrected chi connectivity index (χ3v) is 7.78. The Labute approximate surface area is 193 Å². The normalized spacial score (nSPS) is 27.0. The second kappa shape index (κ2) is 10.4. The molecule has 1 N–H and O–H groups in total. The van der Waals surface area contributed by atoms with Crippen molar-refractivity contribution in [2.24, 2.45) is 11.8 Å². The Morgan fingerprint density at radius 3 is 2.59 bits per heavy atom. The number of carbonyl (C=O) groups excluding carboxylic acids is 1. The van der Waals surface area contributed by atoms with Crippen molar-refractivity contribution in [1.29, 1.82) is 0 Å². The zero-order valence-electron chi connectivity index (χ0n) is 19.6. The van der Waals surface area contributed by atoms with Gasteiger partial charge in [-0.1, -0.05) is 0 Å². The maximum Gasteiger partial charge on any atom is 0.222 e. The summed E-state index contributed by atoms with van der Waals surface area (Å²) in [6.07, 6.45) is 13.4. The van der Waals surface area contributed by atoms with Crippen LogP contribution in [0.2, 0.25) is 0 Å². The average molecular weight is 441 g/mol. The second-order valence-electron chi connectivity index (χ2n) is 10.5. The van der Waals surface area contributed by atoms with Crippen LogP contribution in [0.1, 0.15) is 64.2 Å². The number of hydrogen-bond acceptors (Lipinski definition) is 6. The first-order valence-electron chi connectivity index (χ1n) is 13.1. The van der Waals surface area contributed by atoms with Gasteiger partial charge in [0, 0.05) is 51.3 Å². The van der Waals surface area contributed by atoms with Crippen molar-refractivity contribution >= 4 is 17.5 Å². The average Bonchev–Trinajstić information content (AvgIpc) is 3.49. The standard InChI is InChI=1S/C25H40N6O/c32-25(31-14-4-6-21(18-31)16-29-11-1-2-12-29)10-7-20-5-3-13-30(17-20)24-15-23(26-19-27-24)28-22-8-9-22/h15,19-22H,1-14,16-18H2,(H,26,27,28)/t20-,21+/m1/s1. The fourth-order valence-corrected chi connectivity index (χ4v) is 5.80. The fraction of sp³-hybridized carbons (Fsp3) is 0.800. The Kier molecular flexibility index (Phi) is 7.10. The highest BCUT2D eigenvalue weighted by atomic mass is 16.2. The number of piperidine rings is 2. The molecular weight excluding hydrogens is 400 g/mol. The smallest absolute Gasteiger partial charge is 0.222 e. The van der Waals surface area contributed by atoms with Crippen molar-refractivity contribution in [1.82, 2.24) is 19.8 Å². The van der Waals surface area contributed by atoms with Crippen LogP contribution in [-0.4, -0.2) is 77.5 Å². The molecule has 5 rings (SSSR count). The number of anilines is 2. The summed E-state index contributed by atoms with van der Waals surface area (Å²) in [5.74, 6) is 3.61. The monoisotopic (exact) mass is 440 g/mol.